The average Bonchev–Trinajstić information content (AvgIpc) is 3.23. The number of unbranched alkanes of at least 4 members (excludes halogenated alkanes) is 1. The number of carbonyl (C=O) groups is 1. The number of methoxy groups -OCH3 is 1. The van der Waals surface area contributed by atoms with Crippen LogP contribution < -0.4 is 15.4 Å². The highest BCUT2D eigenvalue weighted by atomic mass is 35.5. The number of hydrogen-bond donors (Lipinski definition) is 2. The van der Waals surface area contributed by atoms with E-state index in [0.29, 0.717) is 46.6 Å². The van der Waals surface area contributed by atoms with E-state index < -0.39 is 5.92 Å². The van der Waals surface area contributed by atoms with Crippen molar-refractivity contribution in [2.24, 2.45) is 0 Å². The fourth-order valence-corrected chi connectivity index (χ4v) is 3.71. The Morgan fingerprint density at radius 1 is 1.24 bits per heavy atom. The third-order valence-corrected chi connectivity index (χ3v) is 5.39. The molecule has 0 saturated carbocycles. The maximum Gasteiger partial charge on any atom is 0.261 e. The number of rotatable bonds is 9. The van der Waals surface area contributed by atoms with Gasteiger partial charge >= 0.3 is 0 Å². The monoisotopic (exact) mass is 490 g/mol. The highest BCUT2D eigenvalue weighted by Gasteiger charge is 2.22. The van der Waals surface area contributed by atoms with Crippen molar-refractivity contribution in [3.63, 3.8) is 0 Å². The van der Waals surface area contributed by atoms with Gasteiger partial charge in [0.1, 0.15) is 11.6 Å². The predicted molar refractivity (Wildman–Crippen MR) is 129 cm³/mol. The zero-order valence-corrected chi connectivity index (χ0v) is 19.8. The molecule has 1 amide bonds. The van der Waals surface area contributed by atoms with Crippen LogP contribution in [-0.4, -0.2) is 34.2 Å². The lowest BCUT2D eigenvalue weighted by atomic mass is 9.93. The number of amides is 1. The number of nitrogens with one attached hydrogen (secondary N) is 2. The molecule has 2 N–H and O–H groups in total. The summed E-state index contributed by atoms with van der Waals surface area (Å²) in [7, 11) is 1.53. The number of anilines is 1. The number of aryl methyl sites for hydroxylation is 1. The molecular weight excluding hydrogens is 467 g/mol. The topological polar surface area (TPSA) is 89.3 Å². The van der Waals surface area contributed by atoms with Gasteiger partial charge in [-0.05, 0) is 61.8 Å². The van der Waals surface area contributed by atoms with Gasteiger partial charge in [0.05, 0.1) is 18.6 Å². The molecule has 3 aromatic rings. The van der Waals surface area contributed by atoms with Gasteiger partial charge in [0.25, 0.3) is 5.89 Å². The molecule has 1 heterocycles. The first-order chi connectivity index (χ1) is 15.9. The summed E-state index contributed by atoms with van der Waals surface area (Å²) in [5.74, 6) is 0.751. The highest BCUT2D eigenvalue weighted by Crippen LogP contribution is 2.31. The molecule has 0 saturated heterocycles. The predicted octanol–water partition coefficient (Wildman–Crippen LogP) is 5.20. The van der Waals surface area contributed by atoms with Crippen molar-refractivity contribution in [1.29, 1.82) is 0 Å². The summed E-state index contributed by atoms with van der Waals surface area (Å²) >= 11 is 11.1. The Morgan fingerprint density at radius 3 is 2.64 bits per heavy atom. The third kappa shape index (κ3) is 6.72. The molecule has 2 aromatic carbocycles. The van der Waals surface area contributed by atoms with E-state index in [1.807, 2.05) is 0 Å². The number of hydrogen-bond acceptors (Lipinski definition) is 6. The van der Waals surface area contributed by atoms with Crippen molar-refractivity contribution in [2.45, 2.75) is 32.1 Å². The van der Waals surface area contributed by atoms with E-state index in [0.717, 1.165) is 12.8 Å². The minimum absolute atomic E-state index is 0.132. The van der Waals surface area contributed by atoms with Gasteiger partial charge in [-0.1, -0.05) is 23.7 Å². The fourth-order valence-electron chi connectivity index (χ4n) is 3.30. The lowest BCUT2D eigenvalue weighted by Crippen LogP contribution is -2.37. The van der Waals surface area contributed by atoms with E-state index in [9.17, 15) is 9.18 Å². The molecule has 0 radical (unpaired) electrons. The molecule has 33 heavy (non-hydrogen) atoms. The number of thiocarbonyl (C=S) groups is 1. The van der Waals surface area contributed by atoms with Gasteiger partial charge in [-0.15, -0.1) is 11.6 Å². The second-order valence-corrected chi connectivity index (χ2v) is 8.08. The summed E-state index contributed by atoms with van der Waals surface area (Å²) in [5, 5.41) is 9.64. The number of ether oxygens (including phenoxy) is 1. The molecule has 0 aliphatic rings. The van der Waals surface area contributed by atoms with Gasteiger partial charge in [0.15, 0.2) is 10.9 Å². The number of alkyl halides is 1. The second-order valence-electron chi connectivity index (χ2n) is 7.29. The van der Waals surface area contributed by atoms with Gasteiger partial charge in [-0.3, -0.25) is 4.79 Å². The van der Waals surface area contributed by atoms with Crippen LogP contribution in [0.3, 0.4) is 0 Å². The van der Waals surface area contributed by atoms with E-state index in [4.69, 9.17) is 33.1 Å². The highest BCUT2D eigenvalue weighted by molar-refractivity contribution is 7.80. The Hall–Kier alpha value is -3.04. The molecule has 0 aliphatic heterocycles. The van der Waals surface area contributed by atoms with Crippen LogP contribution in [0, 0.1) is 12.7 Å². The van der Waals surface area contributed by atoms with Crippen LogP contribution in [0.1, 0.15) is 36.6 Å². The largest absolute Gasteiger partial charge is 0.496 e. The molecule has 1 unspecified atom stereocenters. The Labute approximate surface area is 201 Å². The minimum Gasteiger partial charge on any atom is -0.496 e. The maximum absolute atomic E-state index is 13.3. The van der Waals surface area contributed by atoms with Crippen molar-refractivity contribution in [3.05, 3.63) is 59.7 Å². The molecule has 0 aliphatic carbocycles. The van der Waals surface area contributed by atoms with Gasteiger partial charge in [-0.2, -0.15) is 4.98 Å². The van der Waals surface area contributed by atoms with Crippen molar-refractivity contribution in [1.82, 2.24) is 15.5 Å². The normalized spacial score (nSPS) is 11.6. The van der Waals surface area contributed by atoms with Gasteiger partial charge in [-0.25, -0.2) is 4.39 Å². The number of aromatic nitrogens is 2. The summed E-state index contributed by atoms with van der Waals surface area (Å²) in [6.45, 7) is 1.73. The van der Waals surface area contributed by atoms with Crippen LogP contribution in [0.5, 0.6) is 5.75 Å². The molecule has 10 heteroatoms. The van der Waals surface area contributed by atoms with Crippen LogP contribution in [0.15, 0.2) is 47.0 Å². The van der Waals surface area contributed by atoms with Gasteiger partial charge in [0, 0.05) is 17.6 Å². The molecule has 1 atom stereocenters. The van der Waals surface area contributed by atoms with Crippen molar-refractivity contribution in [2.75, 3.05) is 18.3 Å². The summed E-state index contributed by atoms with van der Waals surface area (Å²) in [4.78, 5) is 17.2. The third-order valence-electron chi connectivity index (χ3n) is 4.92. The minimum atomic E-state index is -0.480. The van der Waals surface area contributed by atoms with Gasteiger partial charge < -0.3 is 19.9 Å². The zero-order chi connectivity index (χ0) is 23.8. The van der Waals surface area contributed by atoms with Crippen molar-refractivity contribution >= 4 is 40.5 Å². The van der Waals surface area contributed by atoms with E-state index >= 15 is 0 Å². The maximum atomic E-state index is 13.3. The molecule has 0 spiro atoms. The van der Waals surface area contributed by atoms with E-state index in [2.05, 4.69) is 20.8 Å². The molecule has 7 nitrogen and oxygen atoms in total. The molecule has 0 fully saturated rings. The number of nitrogens with zero attached hydrogens (tertiary/aromatic N) is 2. The number of carbonyl (C=O) groups excluding carboxylic acids is 1. The first kappa shape index (κ1) is 24.6. The summed E-state index contributed by atoms with van der Waals surface area (Å²) < 4.78 is 24.0. The van der Waals surface area contributed by atoms with Crippen molar-refractivity contribution in [3.8, 4) is 17.2 Å². The van der Waals surface area contributed by atoms with Gasteiger partial charge in [0.2, 0.25) is 5.91 Å². The quantitative estimate of drug-likeness (QED) is 0.242. The van der Waals surface area contributed by atoms with Crippen LogP contribution >= 0.6 is 23.8 Å². The molecule has 0 bridgehead atoms. The molecule has 3 rings (SSSR count). The van der Waals surface area contributed by atoms with E-state index in [-0.39, 0.29) is 16.8 Å². The Balaban J connectivity index is 1.69. The van der Waals surface area contributed by atoms with E-state index in [1.165, 1.54) is 19.2 Å². The van der Waals surface area contributed by atoms with Crippen LogP contribution in [0.2, 0.25) is 0 Å². The number of halogens is 2. The second kappa shape index (κ2) is 11.7. The zero-order valence-electron chi connectivity index (χ0n) is 18.2. The molecule has 1 aromatic heterocycles. The van der Waals surface area contributed by atoms with Crippen LogP contribution in [-0.2, 0) is 4.79 Å². The van der Waals surface area contributed by atoms with Crippen LogP contribution in [0.25, 0.3) is 11.5 Å². The first-order valence-corrected chi connectivity index (χ1v) is 11.3. The van der Waals surface area contributed by atoms with E-state index in [1.54, 1.807) is 37.3 Å². The SMILES string of the molecule is COc1cc(NC(=S)NC(=O)C(CCCCCl)c2ccc(F)cc2)ccc1-c1nc(C)no1. The summed E-state index contributed by atoms with van der Waals surface area (Å²) in [6, 6.07) is 11.1. The molecular formula is C23H24ClFN4O3S. The van der Waals surface area contributed by atoms with Crippen molar-refractivity contribution < 1.29 is 18.4 Å². The molecule has 174 valence electrons. The van der Waals surface area contributed by atoms with Crippen LogP contribution in [0.4, 0.5) is 10.1 Å². The standard InChI is InChI=1S/C23H24ClFN4O3S/c1-14-26-22(32-29-14)19-11-10-17(13-20(19)31-2)27-23(33)28-21(30)18(5-3-4-12-24)15-6-8-16(25)9-7-15/h6-11,13,18H,3-5,12H2,1-2H3,(H2,27,28,30,33). The lowest BCUT2D eigenvalue weighted by Gasteiger charge is -2.18. The Kier molecular flexibility index (Phi) is 8.73. The fraction of sp³-hybridized carbons (Fsp3) is 0.304. The average molecular weight is 491 g/mol. The lowest BCUT2D eigenvalue weighted by molar-refractivity contribution is -0.121. The number of benzene rings is 2. The smallest absolute Gasteiger partial charge is 0.261 e. The summed E-state index contributed by atoms with van der Waals surface area (Å²) in [5.41, 5.74) is 1.96. The summed E-state index contributed by atoms with van der Waals surface area (Å²) in [6.07, 6.45) is 2.10. The first-order valence-electron chi connectivity index (χ1n) is 10.3. The Bertz CT molecular complexity index is 1110. The Morgan fingerprint density at radius 2 is 2.00 bits per heavy atom.